The maximum Gasteiger partial charge on any atom is 0.163 e. The molecule has 4 N–H and O–H groups in total. The van der Waals surface area contributed by atoms with Gasteiger partial charge in [-0.05, 0) is 47.5 Å². The Hall–Kier alpha value is -4.40. The third kappa shape index (κ3) is 11.8. The number of allylic oxidation sites excluding steroid dienone is 2. The van der Waals surface area contributed by atoms with Gasteiger partial charge in [-0.2, -0.15) is 0 Å². The molecule has 2 aromatic carbocycles. The van der Waals surface area contributed by atoms with Gasteiger partial charge in [-0.3, -0.25) is 9.59 Å². The molecule has 3 rings (SSSR count). The number of aliphatic hydroxyl groups is 1. The van der Waals surface area contributed by atoms with Crippen molar-refractivity contribution in [3.63, 3.8) is 0 Å². The van der Waals surface area contributed by atoms with E-state index < -0.39 is 0 Å². The summed E-state index contributed by atoms with van der Waals surface area (Å²) in [7, 11) is 1.51. The standard InChI is InChI=1S/C30H36N4O9/c1-39-30-15-23(3-7-27(37)16-26(36)6-2-22-4-8-28(38)24(14-22)18-35)5-9-29(30)43-19-25-17-34(33-32-25)11-13-41-21-42-20-40-12-10-31/h2-9,14-15,17,35,38H,10-13,16,18-21,31H2,1H3. The Balaban J connectivity index is 1.44. The Kier molecular flexibility index (Phi) is 14.0. The molecule has 0 amide bonds. The molecule has 0 fully saturated rings. The maximum atomic E-state index is 12.3. The third-order valence-electron chi connectivity index (χ3n) is 5.76. The Morgan fingerprint density at radius 1 is 0.953 bits per heavy atom. The van der Waals surface area contributed by atoms with E-state index in [1.165, 1.54) is 31.4 Å². The van der Waals surface area contributed by atoms with Gasteiger partial charge in [0.15, 0.2) is 23.1 Å². The lowest BCUT2D eigenvalue weighted by Crippen LogP contribution is -2.13. The number of aromatic hydroxyl groups is 1. The lowest BCUT2D eigenvalue weighted by atomic mass is 10.1. The predicted molar refractivity (Wildman–Crippen MR) is 156 cm³/mol. The summed E-state index contributed by atoms with van der Waals surface area (Å²) in [4.78, 5) is 24.5. The number of nitrogens with zero attached hydrogens (tertiary/aromatic N) is 3. The summed E-state index contributed by atoms with van der Waals surface area (Å²) in [6.07, 6.45) is 7.17. The Morgan fingerprint density at radius 3 is 2.35 bits per heavy atom. The van der Waals surface area contributed by atoms with Crippen LogP contribution in [0.15, 0.2) is 54.7 Å². The van der Waals surface area contributed by atoms with E-state index in [0.29, 0.717) is 60.2 Å². The second-order valence-electron chi connectivity index (χ2n) is 9.04. The van der Waals surface area contributed by atoms with Crippen molar-refractivity contribution in [2.75, 3.05) is 40.5 Å². The van der Waals surface area contributed by atoms with Crippen LogP contribution in [0.1, 0.15) is 28.8 Å². The molecular weight excluding hydrogens is 560 g/mol. The van der Waals surface area contributed by atoms with Gasteiger partial charge in [-0.25, -0.2) is 4.68 Å². The number of aliphatic hydroxyl groups excluding tert-OH is 1. The van der Waals surface area contributed by atoms with E-state index >= 15 is 0 Å². The molecule has 0 spiro atoms. The van der Waals surface area contributed by atoms with E-state index in [9.17, 15) is 19.8 Å². The third-order valence-corrected chi connectivity index (χ3v) is 5.76. The van der Waals surface area contributed by atoms with Crippen molar-refractivity contribution < 1.29 is 43.5 Å². The number of hydrogen-bond acceptors (Lipinski definition) is 12. The minimum Gasteiger partial charge on any atom is -0.508 e. The summed E-state index contributed by atoms with van der Waals surface area (Å²) in [6.45, 7) is 1.78. The quantitative estimate of drug-likeness (QED) is 0.0751. The average molecular weight is 597 g/mol. The molecule has 0 saturated carbocycles. The van der Waals surface area contributed by atoms with Crippen LogP contribution in [-0.2, 0) is 43.6 Å². The Morgan fingerprint density at radius 2 is 1.65 bits per heavy atom. The number of ether oxygens (including phenoxy) is 5. The number of methoxy groups -OCH3 is 1. The number of hydrogen-bond donors (Lipinski definition) is 3. The van der Waals surface area contributed by atoms with E-state index in [1.54, 1.807) is 47.3 Å². The first-order valence-corrected chi connectivity index (χ1v) is 13.4. The van der Waals surface area contributed by atoms with Crippen LogP contribution in [0.2, 0.25) is 0 Å². The minimum atomic E-state index is -0.378. The van der Waals surface area contributed by atoms with Gasteiger partial charge in [-0.1, -0.05) is 29.5 Å². The summed E-state index contributed by atoms with van der Waals surface area (Å²) >= 11 is 0. The second-order valence-corrected chi connectivity index (χ2v) is 9.04. The molecule has 0 saturated heterocycles. The first-order chi connectivity index (χ1) is 20.9. The summed E-state index contributed by atoms with van der Waals surface area (Å²) < 4.78 is 28.5. The topological polar surface area (TPSA) is 177 Å². The zero-order valence-electron chi connectivity index (χ0n) is 23.9. The maximum absolute atomic E-state index is 12.3. The summed E-state index contributed by atoms with van der Waals surface area (Å²) in [5.41, 5.74) is 7.58. The van der Waals surface area contributed by atoms with Gasteiger partial charge in [-0.15, -0.1) is 5.10 Å². The fraction of sp³-hybridized carbons (Fsp3) is 0.333. The number of benzene rings is 2. The molecule has 0 aliphatic rings. The molecule has 0 aliphatic heterocycles. The minimum absolute atomic E-state index is 0.0294. The van der Waals surface area contributed by atoms with Crippen LogP contribution >= 0.6 is 0 Å². The molecule has 3 aromatic rings. The first-order valence-electron chi connectivity index (χ1n) is 13.4. The van der Waals surface area contributed by atoms with Crippen molar-refractivity contribution in [3.8, 4) is 17.2 Å². The molecule has 0 bridgehead atoms. The lowest BCUT2D eigenvalue weighted by Gasteiger charge is -2.10. The number of phenols is 1. The average Bonchev–Trinajstić information content (AvgIpc) is 3.47. The highest BCUT2D eigenvalue weighted by Gasteiger charge is 2.09. The first kappa shape index (κ1) is 33.1. The highest BCUT2D eigenvalue weighted by atomic mass is 16.7. The van der Waals surface area contributed by atoms with Gasteiger partial charge in [0.05, 0.1) is 46.1 Å². The molecule has 13 heteroatoms. The van der Waals surface area contributed by atoms with Crippen LogP contribution in [0.4, 0.5) is 0 Å². The van der Waals surface area contributed by atoms with Gasteiger partial charge >= 0.3 is 0 Å². The van der Waals surface area contributed by atoms with Crippen LogP contribution in [0.5, 0.6) is 17.2 Å². The van der Waals surface area contributed by atoms with Gasteiger partial charge in [0.1, 0.15) is 31.6 Å². The lowest BCUT2D eigenvalue weighted by molar-refractivity contribution is -0.130. The van der Waals surface area contributed by atoms with E-state index in [0.717, 1.165) is 0 Å². The van der Waals surface area contributed by atoms with Crippen molar-refractivity contribution in [1.29, 1.82) is 0 Å². The zero-order valence-corrected chi connectivity index (χ0v) is 23.9. The van der Waals surface area contributed by atoms with Crippen molar-refractivity contribution >= 4 is 23.7 Å². The molecule has 13 nitrogen and oxygen atoms in total. The van der Waals surface area contributed by atoms with Crippen molar-refractivity contribution in [3.05, 3.63) is 77.1 Å². The summed E-state index contributed by atoms with van der Waals surface area (Å²) in [6, 6.07) is 9.77. The molecule has 1 aromatic heterocycles. The number of nitrogens with two attached hydrogens (primary N) is 1. The van der Waals surface area contributed by atoms with Crippen molar-refractivity contribution in [1.82, 2.24) is 15.0 Å². The smallest absolute Gasteiger partial charge is 0.163 e. The van der Waals surface area contributed by atoms with Crippen molar-refractivity contribution in [2.45, 2.75) is 26.2 Å². The number of carbonyl (C=O) groups is 2. The van der Waals surface area contributed by atoms with E-state index in [4.69, 9.17) is 29.4 Å². The normalized spacial score (nSPS) is 11.4. The van der Waals surface area contributed by atoms with Gasteiger partial charge in [0.2, 0.25) is 0 Å². The number of rotatable bonds is 20. The number of aromatic nitrogens is 3. The molecule has 43 heavy (non-hydrogen) atoms. The number of ketones is 2. The fourth-order valence-corrected chi connectivity index (χ4v) is 3.59. The van der Waals surface area contributed by atoms with Gasteiger partial charge in [0, 0.05) is 12.1 Å². The monoisotopic (exact) mass is 596 g/mol. The molecule has 230 valence electrons. The highest BCUT2D eigenvalue weighted by molar-refractivity contribution is 6.10. The zero-order chi connectivity index (χ0) is 30.9. The molecule has 1 heterocycles. The molecule has 0 atom stereocenters. The van der Waals surface area contributed by atoms with E-state index in [2.05, 4.69) is 10.3 Å². The van der Waals surface area contributed by atoms with E-state index in [1.807, 2.05) is 0 Å². The summed E-state index contributed by atoms with van der Waals surface area (Å²) in [5, 5.41) is 27.0. The van der Waals surface area contributed by atoms with Crippen LogP contribution in [0.25, 0.3) is 12.2 Å². The molecule has 0 aliphatic carbocycles. The molecule has 0 radical (unpaired) electrons. The van der Waals surface area contributed by atoms with Gasteiger partial charge < -0.3 is 39.6 Å². The number of carbonyl (C=O) groups excluding carboxylic acids is 2. The molecule has 0 unspecified atom stereocenters. The van der Waals surface area contributed by atoms with Crippen LogP contribution in [0.3, 0.4) is 0 Å². The Bertz CT molecular complexity index is 1390. The SMILES string of the molecule is COc1cc(C=CC(=O)CC(=O)C=Cc2ccc(O)c(CO)c2)ccc1OCc1cn(CCOCOCOCCN)nn1. The van der Waals surface area contributed by atoms with Crippen LogP contribution in [0, 0.1) is 0 Å². The fourth-order valence-electron chi connectivity index (χ4n) is 3.59. The van der Waals surface area contributed by atoms with Crippen molar-refractivity contribution in [2.24, 2.45) is 5.73 Å². The highest BCUT2D eigenvalue weighted by Crippen LogP contribution is 2.29. The Labute approximate surface area is 249 Å². The van der Waals surface area contributed by atoms with E-state index in [-0.39, 0.29) is 50.5 Å². The van der Waals surface area contributed by atoms with Crippen LogP contribution < -0.4 is 15.2 Å². The summed E-state index contributed by atoms with van der Waals surface area (Å²) in [5.74, 6) is 0.168. The largest absolute Gasteiger partial charge is 0.508 e. The van der Waals surface area contributed by atoms with Gasteiger partial charge in [0.25, 0.3) is 0 Å². The second kappa shape index (κ2) is 18.2. The molecular formula is C30H36N4O9. The predicted octanol–water partition coefficient (Wildman–Crippen LogP) is 2.24. The van der Waals surface area contributed by atoms with Crippen LogP contribution in [-0.4, -0.2) is 77.2 Å².